The molecule has 2 N–H and O–H groups in total. The van der Waals surface area contributed by atoms with Crippen LogP contribution in [0.4, 0.5) is 4.39 Å². The molecule has 2 heterocycles. The fourth-order valence-electron chi connectivity index (χ4n) is 3.06. The number of aromatic nitrogens is 3. The maximum absolute atomic E-state index is 13.9. The number of nitrogens with zero attached hydrogens (tertiary/aromatic N) is 2. The Bertz CT molecular complexity index is 948. The molecule has 1 amide bonds. The molecule has 3 aromatic rings. The van der Waals surface area contributed by atoms with Crippen LogP contribution in [0.2, 0.25) is 0 Å². The van der Waals surface area contributed by atoms with Gasteiger partial charge in [0, 0.05) is 11.3 Å². The van der Waals surface area contributed by atoms with Gasteiger partial charge in [-0.05, 0) is 56.0 Å². The zero-order valence-corrected chi connectivity index (χ0v) is 14.4. The summed E-state index contributed by atoms with van der Waals surface area (Å²) in [6, 6.07) is 13.6. The van der Waals surface area contributed by atoms with Gasteiger partial charge in [0.15, 0.2) is 0 Å². The van der Waals surface area contributed by atoms with Crippen molar-refractivity contribution >= 4 is 5.91 Å². The Labute approximate surface area is 150 Å². The van der Waals surface area contributed by atoms with Crippen molar-refractivity contribution in [2.45, 2.75) is 25.8 Å². The first-order valence-corrected chi connectivity index (χ1v) is 8.66. The van der Waals surface area contributed by atoms with E-state index >= 15 is 0 Å². The van der Waals surface area contributed by atoms with Gasteiger partial charge in [0.25, 0.3) is 5.91 Å². The van der Waals surface area contributed by atoms with Gasteiger partial charge in [0.05, 0.1) is 17.4 Å². The zero-order valence-electron chi connectivity index (χ0n) is 14.4. The van der Waals surface area contributed by atoms with Gasteiger partial charge in [-0.2, -0.15) is 5.10 Å². The number of aryl methyl sites for hydroxylation is 1. The van der Waals surface area contributed by atoms with Crippen molar-refractivity contribution in [3.63, 3.8) is 0 Å². The molecule has 6 heteroatoms. The van der Waals surface area contributed by atoms with Crippen molar-refractivity contribution in [1.29, 1.82) is 0 Å². The lowest BCUT2D eigenvalue weighted by Crippen LogP contribution is -2.30. The summed E-state index contributed by atoms with van der Waals surface area (Å²) in [5, 5.41) is 9.84. The molecule has 1 saturated carbocycles. The summed E-state index contributed by atoms with van der Waals surface area (Å²) in [6.07, 6.45) is 2.15. The summed E-state index contributed by atoms with van der Waals surface area (Å²) in [6.45, 7) is 1.94. The predicted molar refractivity (Wildman–Crippen MR) is 95.9 cm³/mol. The molecule has 1 atom stereocenters. The van der Waals surface area contributed by atoms with E-state index in [1.807, 2.05) is 25.1 Å². The van der Waals surface area contributed by atoms with Crippen LogP contribution in [-0.4, -0.2) is 21.1 Å². The Morgan fingerprint density at radius 2 is 2.04 bits per heavy atom. The zero-order chi connectivity index (χ0) is 18.1. The largest absolute Gasteiger partial charge is 0.342 e. The van der Waals surface area contributed by atoms with Crippen LogP contribution in [0.5, 0.6) is 0 Å². The van der Waals surface area contributed by atoms with Crippen molar-refractivity contribution in [1.82, 2.24) is 20.5 Å². The fraction of sp³-hybridized carbons (Fsp3) is 0.250. The van der Waals surface area contributed by atoms with E-state index in [2.05, 4.69) is 20.5 Å². The number of nitrogens with one attached hydrogen (secondary N) is 2. The molecule has 0 unspecified atom stereocenters. The van der Waals surface area contributed by atoms with E-state index in [0.29, 0.717) is 22.9 Å². The second-order valence-corrected chi connectivity index (χ2v) is 6.64. The Kier molecular flexibility index (Phi) is 4.24. The van der Waals surface area contributed by atoms with Crippen LogP contribution < -0.4 is 5.32 Å². The minimum atomic E-state index is -0.370. The first-order chi connectivity index (χ1) is 12.6. The van der Waals surface area contributed by atoms with Crippen molar-refractivity contribution in [3.8, 4) is 11.3 Å². The van der Waals surface area contributed by atoms with E-state index in [1.165, 1.54) is 6.07 Å². The molecule has 26 heavy (non-hydrogen) atoms. The third-order valence-electron chi connectivity index (χ3n) is 4.58. The molecule has 0 saturated heterocycles. The van der Waals surface area contributed by atoms with Gasteiger partial charge in [-0.1, -0.05) is 18.2 Å². The van der Waals surface area contributed by atoms with Gasteiger partial charge in [0.2, 0.25) is 0 Å². The molecule has 132 valence electrons. The molecular weight excluding hydrogens is 331 g/mol. The maximum atomic E-state index is 13.9. The topological polar surface area (TPSA) is 70.7 Å². The van der Waals surface area contributed by atoms with Gasteiger partial charge < -0.3 is 5.32 Å². The highest BCUT2D eigenvalue weighted by atomic mass is 19.1. The molecule has 0 radical (unpaired) electrons. The maximum Gasteiger partial charge on any atom is 0.269 e. The lowest BCUT2D eigenvalue weighted by molar-refractivity contribution is 0.0925. The van der Waals surface area contributed by atoms with Crippen LogP contribution in [0.1, 0.15) is 40.8 Å². The number of carbonyl (C=O) groups excluding carboxylic acids is 1. The molecule has 1 aliphatic carbocycles. The second-order valence-electron chi connectivity index (χ2n) is 6.64. The van der Waals surface area contributed by atoms with Crippen molar-refractivity contribution < 1.29 is 9.18 Å². The highest BCUT2D eigenvalue weighted by Gasteiger charge is 2.34. The monoisotopic (exact) mass is 350 g/mol. The number of halogens is 1. The predicted octanol–water partition coefficient (Wildman–Crippen LogP) is 3.80. The van der Waals surface area contributed by atoms with Crippen LogP contribution >= 0.6 is 0 Å². The molecule has 0 aliphatic heterocycles. The minimum Gasteiger partial charge on any atom is -0.342 e. The van der Waals surface area contributed by atoms with E-state index < -0.39 is 0 Å². The van der Waals surface area contributed by atoms with E-state index in [4.69, 9.17) is 0 Å². The van der Waals surface area contributed by atoms with E-state index in [0.717, 1.165) is 24.2 Å². The molecule has 1 aliphatic rings. The van der Waals surface area contributed by atoms with Gasteiger partial charge in [0.1, 0.15) is 11.5 Å². The Morgan fingerprint density at radius 3 is 2.77 bits per heavy atom. The molecule has 5 nitrogen and oxygen atoms in total. The molecule has 1 aromatic carbocycles. The van der Waals surface area contributed by atoms with E-state index in [1.54, 1.807) is 24.3 Å². The molecule has 1 fully saturated rings. The minimum absolute atomic E-state index is 0.123. The van der Waals surface area contributed by atoms with Crippen LogP contribution in [-0.2, 0) is 0 Å². The average Bonchev–Trinajstić information content (AvgIpc) is 3.36. The lowest BCUT2D eigenvalue weighted by Gasteiger charge is -2.17. The van der Waals surface area contributed by atoms with Gasteiger partial charge >= 0.3 is 0 Å². The third kappa shape index (κ3) is 3.35. The normalized spacial score (nSPS) is 14.8. The van der Waals surface area contributed by atoms with Crippen LogP contribution in [0, 0.1) is 18.7 Å². The SMILES string of the molecule is Cc1cccc([C@@H](NC(=O)c2cc(-c3ccccc3F)n[nH]2)C2CC2)n1. The Balaban J connectivity index is 1.55. The van der Waals surface area contributed by atoms with Crippen LogP contribution in [0.25, 0.3) is 11.3 Å². The summed E-state index contributed by atoms with van der Waals surface area (Å²) in [7, 11) is 0. The van der Waals surface area contributed by atoms with Gasteiger partial charge in [-0.25, -0.2) is 4.39 Å². The van der Waals surface area contributed by atoms with E-state index in [9.17, 15) is 9.18 Å². The quantitative estimate of drug-likeness (QED) is 0.735. The molecule has 0 spiro atoms. The number of amides is 1. The van der Waals surface area contributed by atoms with Gasteiger partial charge in [-0.15, -0.1) is 0 Å². The summed E-state index contributed by atoms with van der Waals surface area (Å²) in [5.41, 5.74) is 2.87. The standard InChI is InChI=1S/C20H19FN4O/c1-12-5-4-8-16(22-12)19(13-9-10-13)23-20(26)18-11-17(24-25-18)14-6-2-3-7-15(14)21/h2-8,11,13,19H,9-10H2,1H3,(H,23,26)(H,24,25)/t19-/m0/s1. The smallest absolute Gasteiger partial charge is 0.269 e. The highest BCUT2D eigenvalue weighted by molar-refractivity contribution is 5.93. The number of rotatable bonds is 5. The average molecular weight is 350 g/mol. The van der Waals surface area contributed by atoms with Gasteiger partial charge in [-0.3, -0.25) is 14.9 Å². The van der Waals surface area contributed by atoms with Crippen molar-refractivity contribution in [2.24, 2.45) is 5.92 Å². The lowest BCUT2D eigenvalue weighted by atomic mass is 10.1. The molecule has 2 aromatic heterocycles. The molecule has 0 bridgehead atoms. The summed E-state index contributed by atoms with van der Waals surface area (Å²) in [5.74, 6) is -0.228. The van der Waals surface area contributed by atoms with Crippen molar-refractivity contribution in [2.75, 3.05) is 0 Å². The number of hydrogen-bond donors (Lipinski definition) is 2. The Hall–Kier alpha value is -3.02. The highest BCUT2D eigenvalue weighted by Crippen LogP contribution is 2.40. The third-order valence-corrected chi connectivity index (χ3v) is 4.58. The molecule has 4 rings (SSSR count). The second kappa shape index (κ2) is 6.71. The first-order valence-electron chi connectivity index (χ1n) is 8.66. The summed E-state index contributed by atoms with van der Waals surface area (Å²) < 4.78 is 13.9. The van der Waals surface area contributed by atoms with E-state index in [-0.39, 0.29) is 17.8 Å². The first kappa shape index (κ1) is 16.4. The van der Waals surface area contributed by atoms with Crippen LogP contribution in [0.3, 0.4) is 0 Å². The fourth-order valence-corrected chi connectivity index (χ4v) is 3.06. The summed E-state index contributed by atoms with van der Waals surface area (Å²) in [4.78, 5) is 17.2. The van der Waals surface area contributed by atoms with Crippen LogP contribution in [0.15, 0.2) is 48.5 Å². The Morgan fingerprint density at radius 1 is 1.23 bits per heavy atom. The van der Waals surface area contributed by atoms with Crippen molar-refractivity contribution in [3.05, 3.63) is 71.4 Å². The number of carbonyl (C=O) groups is 1. The number of hydrogen-bond acceptors (Lipinski definition) is 3. The molecular formula is C20H19FN4O. The number of H-pyrrole nitrogens is 1. The number of aromatic amines is 1. The summed E-state index contributed by atoms with van der Waals surface area (Å²) >= 11 is 0. The number of benzene rings is 1. The number of pyridine rings is 1.